The van der Waals surface area contributed by atoms with Crippen LogP contribution in [0.4, 0.5) is 10.5 Å². The number of carbonyl (C=O) groups excluding carboxylic acids is 1. The summed E-state index contributed by atoms with van der Waals surface area (Å²) in [6, 6.07) is 6.94. The summed E-state index contributed by atoms with van der Waals surface area (Å²) in [5, 5.41) is 11.4. The molecule has 20 heavy (non-hydrogen) atoms. The quantitative estimate of drug-likeness (QED) is 0.604. The van der Waals surface area contributed by atoms with E-state index in [9.17, 15) is 4.79 Å². The number of hydrogen-bond donors (Lipinski definition) is 2. The molecular weight excluding hydrogens is 254 g/mol. The lowest BCUT2D eigenvalue weighted by Gasteiger charge is -2.18. The molecule has 3 N–H and O–H groups in total. The van der Waals surface area contributed by atoms with Gasteiger partial charge in [-0.15, -0.1) is 0 Å². The molecule has 5 heteroatoms. The van der Waals surface area contributed by atoms with Crippen LogP contribution in [0.25, 0.3) is 0 Å². The predicted molar refractivity (Wildman–Crippen MR) is 76.7 cm³/mol. The third kappa shape index (κ3) is 5.32. The molecule has 1 aromatic rings. The number of rotatable bonds is 1. The second-order valence-corrected chi connectivity index (χ2v) is 5.07. The van der Waals surface area contributed by atoms with Crippen LogP contribution in [-0.4, -0.2) is 18.2 Å². The van der Waals surface area contributed by atoms with Crippen LogP contribution in [0.3, 0.4) is 0 Å². The molecule has 1 amide bonds. The van der Waals surface area contributed by atoms with E-state index in [-0.39, 0.29) is 6.54 Å². The minimum Gasteiger partial charge on any atom is -0.444 e. The molecule has 0 fully saturated rings. The summed E-state index contributed by atoms with van der Waals surface area (Å²) in [5.41, 5.74) is 6.55. The number of nitrogens with one attached hydrogen (secondary N) is 1. The molecule has 0 radical (unpaired) electrons. The van der Waals surface area contributed by atoms with Gasteiger partial charge in [0, 0.05) is 11.3 Å². The fourth-order valence-electron chi connectivity index (χ4n) is 1.31. The highest BCUT2D eigenvalue weighted by atomic mass is 16.6. The maximum atomic E-state index is 11.4. The number of nitriles is 1. The summed E-state index contributed by atoms with van der Waals surface area (Å²) >= 11 is 0. The smallest absolute Gasteiger partial charge is 0.408 e. The van der Waals surface area contributed by atoms with Crippen molar-refractivity contribution in [3.63, 3.8) is 0 Å². The Labute approximate surface area is 118 Å². The average Bonchev–Trinajstić information content (AvgIpc) is 2.34. The molecule has 0 heterocycles. The van der Waals surface area contributed by atoms with E-state index in [0.29, 0.717) is 16.8 Å². The molecule has 0 aromatic heterocycles. The molecule has 0 bridgehead atoms. The fraction of sp³-hybridized carbons (Fsp3) is 0.333. The number of ether oxygens (including phenoxy) is 1. The number of nitrogens with two attached hydrogens (primary N) is 1. The van der Waals surface area contributed by atoms with Gasteiger partial charge in [0.2, 0.25) is 0 Å². The number of nitrogen functional groups attached to an aromatic ring is 1. The summed E-state index contributed by atoms with van der Waals surface area (Å²) < 4.78 is 5.06. The van der Waals surface area contributed by atoms with Crippen LogP contribution >= 0.6 is 0 Å². The minimum atomic E-state index is -0.532. The maximum absolute atomic E-state index is 11.4. The molecule has 0 saturated heterocycles. The highest BCUT2D eigenvalue weighted by Gasteiger charge is 2.14. The Morgan fingerprint density at radius 2 is 2.15 bits per heavy atom. The van der Waals surface area contributed by atoms with Gasteiger partial charge in [0.1, 0.15) is 11.7 Å². The van der Waals surface area contributed by atoms with Crippen molar-refractivity contribution in [2.24, 2.45) is 0 Å². The highest BCUT2D eigenvalue weighted by Crippen LogP contribution is 2.11. The van der Waals surface area contributed by atoms with E-state index in [0.717, 1.165) is 0 Å². The van der Waals surface area contributed by atoms with Gasteiger partial charge in [-0.05, 0) is 39.0 Å². The summed E-state index contributed by atoms with van der Waals surface area (Å²) in [7, 11) is 0. The highest BCUT2D eigenvalue weighted by molar-refractivity contribution is 5.68. The average molecular weight is 271 g/mol. The Balaban J connectivity index is 2.56. The summed E-state index contributed by atoms with van der Waals surface area (Å²) in [6.07, 6.45) is -0.512. The van der Waals surface area contributed by atoms with Gasteiger partial charge in [-0.1, -0.05) is 11.8 Å². The van der Waals surface area contributed by atoms with E-state index in [2.05, 4.69) is 17.2 Å². The van der Waals surface area contributed by atoms with Crippen molar-refractivity contribution in [2.45, 2.75) is 26.4 Å². The number of alkyl carbamates (subject to hydrolysis) is 1. The fourth-order valence-corrected chi connectivity index (χ4v) is 1.31. The van der Waals surface area contributed by atoms with Crippen LogP contribution in [0.5, 0.6) is 0 Å². The van der Waals surface area contributed by atoms with Crippen molar-refractivity contribution < 1.29 is 9.53 Å². The first-order valence-corrected chi connectivity index (χ1v) is 6.07. The van der Waals surface area contributed by atoms with Crippen molar-refractivity contribution in [1.29, 1.82) is 5.26 Å². The second-order valence-electron chi connectivity index (χ2n) is 5.07. The minimum absolute atomic E-state index is 0.168. The van der Waals surface area contributed by atoms with Gasteiger partial charge in [0.05, 0.1) is 12.1 Å². The van der Waals surface area contributed by atoms with Crippen LogP contribution in [-0.2, 0) is 4.74 Å². The Kier molecular flexibility index (Phi) is 5.00. The lowest BCUT2D eigenvalue weighted by molar-refractivity contribution is 0.0535. The predicted octanol–water partition coefficient (Wildman–Crippen LogP) is 2.02. The molecule has 0 aliphatic carbocycles. The second kappa shape index (κ2) is 6.49. The van der Waals surface area contributed by atoms with Gasteiger partial charge in [0.25, 0.3) is 0 Å². The van der Waals surface area contributed by atoms with Crippen molar-refractivity contribution in [3.05, 3.63) is 29.3 Å². The molecule has 0 unspecified atom stereocenters. The summed E-state index contributed by atoms with van der Waals surface area (Å²) in [6.45, 7) is 5.53. The van der Waals surface area contributed by atoms with Gasteiger partial charge in [-0.25, -0.2) is 4.79 Å². The Hall–Kier alpha value is -2.66. The molecular formula is C15H17N3O2. The van der Waals surface area contributed by atoms with E-state index >= 15 is 0 Å². The Morgan fingerprint density at radius 3 is 2.75 bits per heavy atom. The molecule has 5 nitrogen and oxygen atoms in total. The first kappa shape index (κ1) is 15.4. The van der Waals surface area contributed by atoms with E-state index in [1.807, 2.05) is 6.07 Å². The molecule has 0 saturated carbocycles. The number of carbonyl (C=O) groups is 1. The Morgan fingerprint density at radius 1 is 1.45 bits per heavy atom. The third-order valence-electron chi connectivity index (χ3n) is 2.13. The van der Waals surface area contributed by atoms with Crippen LogP contribution in [0.15, 0.2) is 18.2 Å². The first-order valence-electron chi connectivity index (χ1n) is 6.07. The van der Waals surface area contributed by atoms with Crippen molar-refractivity contribution in [1.82, 2.24) is 5.32 Å². The van der Waals surface area contributed by atoms with Crippen LogP contribution in [0, 0.1) is 23.2 Å². The Bertz CT molecular complexity index is 598. The number of hydrogen-bond acceptors (Lipinski definition) is 4. The zero-order chi connectivity index (χ0) is 15.2. The van der Waals surface area contributed by atoms with E-state index in [1.165, 1.54) is 0 Å². The van der Waals surface area contributed by atoms with Gasteiger partial charge >= 0.3 is 6.09 Å². The number of benzene rings is 1. The molecule has 0 atom stereocenters. The van der Waals surface area contributed by atoms with Gasteiger partial charge in [-0.3, -0.25) is 0 Å². The van der Waals surface area contributed by atoms with Gasteiger partial charge < -0.3 is 15.8 Å². The number of amides is 1. The van der Waals surface area contributed by atoms with Gasteiger partial charge in [-0.2, -0.15) is 5.26 Å². The number of nitrogens with zero attached hydrogens (tertiary/aromatic N) is 1. The SMILES string of the molecule is CC(C)(C)OC(=O)NCC#Cc1ccc(N)c(C#N)c1. The molecule has 1 rings (SSSR count). The van der Waals surface area contributed by atoms with Crippen LogP contribution in [0.2, 0.25) is 0 Å². The van der Waals surface area contributed by atoms with Crippen molar-refractivity contribution in [2.75, 3.05) is 12.3 Å². The molecule has 0 spiro atoms. The maximum Gasteiger partial charge on any atom is 0.408 e. The van der Waals surface area contributed by atoms with Crippen molar-refractivity contribution in [3.8, 4) is 17.9 Å². The summed E-state index contributed by atoms with van der Waals surface area (Å²) in [4.78, 5) is 11.4. The normalized spacial score (nSPS) is 9.90. The van der Waals surface area contributed by atoms with E-state index < -0.39 is 11.7 Å². The number of anilines is 1. The lowest BCUT2D eigenvalue weighted by atomic mass is 10.1. The molecule has 1 aromatic carbocycles. The third-order valence-corrected chi connectivity index (χ3v) is 2.13. The zero-order valence-electron chi connectivity index (χ0n) is 11.8. The molecule has 104 valence electrons. The van der Waals surface area contributed by atoms with Gasteiger partial charge in [0.15, 0.2) is 0 Å². The molecule has 0 aliphatic rings. The monoisotopic (exact) mass is 271 g/mol. The first-order chi connectivity index (χ1) is 9.31. The largest absolute Gasteiger partial charge is 0.444 e. The lowest BCUT2D eigenvalue weighted by Crippen LogP contribution is -2.32. The van der Waals surface area contributed by atoms with E-state index in [4.69, 9.17) is 15.7 Å². The van der Waals surface area contributed by atoms with Crippen molar-refractivity contribution >= 4 is 11.8 Å². The van der Waals surface area contributed by atoms with E-state index in [1.54, 1.807) is 39.0 Å². The van der Waals surface area contributed by atoms with Crippen LogP contribution < -0.4 is 11.1 Å². The zero-order valence-corrected chi connectivity index (χ0v) is 11.8. The topological polar surface area (TPSA) is 88.1 Å². The molecule has 0 aliphatic heterocycles. The summed E-state index contributed by atoms with van der Waals surface area (Å²) in [5.74, 6) is 5.61. The standard InChI is InChI=1S/C15H17N3O2/c1-15(2,3)20-14(19)18-8-4-5-11-6-7-13(17)12(9-11)10-16/h6-7,9H,8,17H2,1-3H3,(H,18,19). The van der Waals surface area contributed by atoms with Crippen LogP contribution in [0.1, 0.15) is 31.9 Å².